The predicted molar refractivity (Wildman–Crippen MR) is 42.9 cm³/mol. The lowest BCUT2D eigenvalue weighted by Crippen LogP contribution is -2.50. The molecule has 2 fully saturated rings. The molecule has 1 saturated carbocycles. The van der Waals surface area contributed by atoms with E-state index in [1.165, 1.54) is 0 Å². The van der Waals surface area contributed by atoms with E-state index in [4.69, 9.17) is 5.73 Å². The molecule has 0 aromatic carbocycles. The van der Waals surface area contributed by atoms with Crippen LogP contribution in [0.4, 0.5) is 0 Å². The van der Waals surface area contributed by atoms with Gasteiger partial charge in [-0.1, -0.05) is 0 Å². The largest absolute Gasteiger partial charge is 0.326 e. The first-order valence-corrected chi connectivity index (χ1v) is 5.80. The molecule has 1 aliphatic heterocycles. The van der Waals surface area contributed by atoms with E-state index >= 15 is 0 Å². The van der Waals surface area contributed by atoms with Crippen molar-refractivity contribution in [2.24, 2.45) is 11.7 Å². The maximum atomic E-state index is 11.1. The van der Waals surface area contributed by atoms with E-state index in [9.17, 15) is 8.42 Å². The Kier molecular flexibility index (Phi) is 1.51. The highest BCUT2D eigenvalue weighted by atomic mass is 32.2. The van der Waals surface area contributed by atoms with Crippen LogP contribution in [0.15, 0.2) is 0 Å². The molecule has 0 radical (unpaired) electrons. The first kappa shape index (κ1) is 7.55. The van der Waals surface area contributed by atoms with Crippen LogP contribution in [0.1, 0.15) is 19.3 Å². The van der Waals surface area contributed by atoms with E-state index < -0.39 is 9.84 Å². The van der Waals surface area contributed by atoms with Crippen LogP contribution >= 0.6 is 0 Å². The van der Waals surface area contributed by atoms with Gasteiger partial charge in [0.05, 0.1) is 11.0 Å². The lowest BCUT2D eigenvalue weighted by Gasteiger charge is -2.31. The lowest BCUT2D eigenvalue weighted by molar-refractivity contribution is 0.478. The number of rotatable bonds is 2. The van der Waals surface area contributed by atoms with Gasteiger partial charge >= 0.3 is 0 Å². The second kappa shape index (κ2) is 2.20. The summed E-state index contributed by atoms with van der Waals surface area (Å²) in [4.78, 5) is 0. The lowest BCUT2D eigenvalue weighted by atomic mass is 10.1. The molecular weight excluding hydrogens is 162 g/mol. The number of nitrogens with two attached hydrogens (primary N) is 1. The summed E-state index contributed by atoms with van der Waals surface area (Å²) in [5, 5.41) is -0.199. The van der Waals surface area contributed by atoms with Gasteiger partial charge in [-0.3, -0.25) is 0 Å². The van der Waals surface area contributed by atoms with Crippen molar-refractivity contribution in [1.29, 1.82) is 0 Å². The minimum atomic E-state index is -2.75. The van der Waals surface area contributed by atoms with Crippen molar-refractivity contribution in [1.82, 2.24) is 0 Å². The van der Waals surface area contributed by atoms with Gasteiger partial charge in [0.2, 0.25) is 0 Å². The average Bonchev–Trinajstić information content (AvgIpc) is 2.66. The molecule has 2 aliphatic rings. The van der Waals surface area contributed by atoms with Gasteiger partial charge < -0.3 is 5.73 Å². The SMILES string of the molecule is NC(C1CC1)C1CCS1(=O)=O. The molecule has 0 amide bonds. The molecule has 2 N–H and O–H groups in total. The van der Waals surface area contributed by atoms with Gasteiger partial charge in [-0.15, -0.1) is 0 Å². The van der Waals surface area contributed by atoms with Crippen LogP contribution in [0, 0.1) is 5.92 Å². The summed E-state index contributed by atoms with van der Waals surface area (Å²) in [5.74, 6) is 0.869. The Labute approximate surface area is 66.9 Å². The Balaban J connectivity index is 2.05. The van der Waals surface area contributed by atoms with Crippen LogP contribution < -0.4 is 5.73 Å². The fourth-order valence-electron chi connectivity index (χ4n) is 1.66. The molecule has 1 aliphatic carbocycles. The van der Waals surface area contributed by atoms with E-state index in [1.807, 2.05) is 0 Å². The highest BCUT2D eigenvalue weighted by Crippen LogP contribution is 2.38. The summed E-state index contributed by atoms with van der Waals surface area (Å²) < 4.78 is 22.2. The van der Waals surface area contributed by atoms with Crippen molar-refractivity contribution >= 4 is 9.84 Å². The third kappa shape index (κ3) is 1.18. The Morgan fingerprint density at radius 3 is 2.18 bits per heavy atom. The second-order valence-electron chi connectivity index (χ2n) is 3.61. The average molecular weight is 175 g/mol. The van der Waals surface area contributed by atoms with E-state index in [1.54, 1.807) is 0 Å². The molecule has 2 unspecified atom stereocenters. The molecule has 0 bridgehead atoms. The molecule has 2 atom stereocenters. The van der Waals surface area contributed by atoms with Crippen molar-refractivity contribution in [2.45, 2.75) is 30.6 Å². The van der Waals surface area contributed by atoms with Crippen molar-refractivity contribution in [3.8, 4) is 0 Å². The zero-order valence-electron chi connectivity index (χ0n) is 6.36. The monoisotopic (exact) mass is 175 g/mol. The Morgan fingerprint density at radius 1 is 1.27 bits per heavy atom. The molecule has 4 heteroatoms. The van der Waals surface area contributed by atoms with E-state index in [0.29, 0.717) is 11.7 Å². The van der Waals surface area contributed by atoms with Crippen LogP contribution in [-0.4, -0.2) is 25.5 Å². The molecule has 0 aromatic heterocycles. The van der Waals surface area contributed by atoms with Gasteiger partial charge in [0.25, 0.3) is 0 Å². The highest BCUT2D eigenvalue weighted by Gasteiger charge is 2.45. The molecule has 0 spiro atoms. The molecule has 3 nitrogen and oxygen atoms in total. The van der Waals surface area contributed by atoms with E-state index in [-0.39, 0.29) is 11.3 Å². The van der Waals surface area contributed by atoms with E-state index in [0.717, 1.165) is 19.3 Å². The number of sulfone groups is 1. The van der Waals surface area contributed by atoms with Crippen molar-refractivity contribution in [3.63, 3.8) is 0 Å². The maximum absolute atomic E-state index is 11.1. The minimum Gasteiger partial charge on any atom is -0.326 e. The van der Waals surface area contributed by atoms with Gasteiger partial charge in [0.15, 0.2) is 9.84 Å². The zero-order valence-corrected chi connectivity index (χ0v) is 7.18. The van der Waals surface area contributed by atoms with Crippen LogP contribution in [-0.2, 0) is 9.84 Å². The normalized spacial score (nSPS) is 37.7. The Bertz CT molecular complexity index is 256. The van der Waals surface area contributed by atoms with Gasteiger partial charge in [-0.25, -0.2) is 8.42 Å². The van der Waals surface area contributed by atoms with Crippen LogP contribution in [0.5, 0.6) is 0 Å². The van der Waals surface area contributed by atoms with Crippen LogP contribution in [0.2, 0.25) is 0 Å². The zero-order chi connectivity index (χ0) is 8.06. The quantitative estimate of drug-likeness (QED) is 0.638. The smallest absolute Gasteiger partial charge is 0.154 e. The molecule has 1 heterocycles. The van der Waals surface area contributed by atoms with Crippen LogP contribution in [0.3, 0.4) is 0 Å². The summed E-state index contributed by atoms with van der Waals surface area (Å²) in [6, 6.07) is -0.0613. The fourth-order valence-corrected chi connectivity index (χ4v) is 3.26. The molecule has 64 valence electrons. The standard InChI is InChI=1S/C7H13NO2S/c8-7(5-1-2-5)6-3-4-11(6,9)10/h5-7H,1-4,8H2. The van der Waals surface area contributed by atoms with Crippen molar-refractivity contribution in [2.75, 3.05) is 5.75 Å². The Hall–Kier alpha value is -0.0900. The van der Waals surface area contributed by atoms with Gasteiger partial charge in [0.1, 0.15) is 0 Å². The number of hydrogen-bond acceptors (Lipinski definition) is 3. The summed E-state index contributed by atoms with van der Waals surface area (Å²) in [5.41, 5.74) is 5.78. The van der Waals surface area contributed by atoms with Crippen molar-refractivity contribution in [3.05, 3.63) is 0 Å². The highest BCUT2D eigenvalue weighted by molar-refractivity contribution is 7.93. The van der Waals surface area contributed by atoms with Crippen molar-refractivity contribution < 1.29 is 8.42 Å². The Morgan fingerprint density at radius 2 is 1.91 bits per heavy atom. The molecule has 0 aromatic rings. The first-order chi connectivity index (χ1) is 5.11. The third-order valence-electron chi connectivity index (χ3n) is 2.74. The van der Waals surface area contributed by atoms with Crippen LogP contribution in [0.25, 0.3) is 0 Å². The summed E-state index contributed by atoms with van der Waals surface area (Å²) in [6.45, 7) is 0. The third-order valence-corrected chi connectivity index (χ3v) is 5.02. The molecule has 1 saturated heterocycles. The number of hydrogen-bond donors (Lipinski definition) is 1. The predicted octanol–water partition coefficient (Wildman–Crippen LogP) is -0.0892. The molecule has 2 rings (SSSR count). The van der Waals surface area contributed by atoms with Gasteiger partial charge in [-0.2, -0.15) is 0 Å². The second-order valence-corrected chi connectivity index (χ2v) is 5.95. The molecular formula is C7H13NO2S. The first-order valence-electron chi connectivity index (χ1n) is 4.08. The summed E-state index contributed by atoms with van der Waals surface area (Å²) >= 11 is 0. The fraction of sp³-hybridized carbons (Fsp3) is 1.00. The molecule has 11 heavy (non-hydrogen) atoms. The minimum absolute atomic E-state index is 0.0613. The van der Waals surface area contributed by atoms with E-state index in [2.05, 4.69) is 0 Å². The summed E-state index contributed by atoms with van der Waals surface area (Å²) in [6.07, 6.45) is 3.06. The van der Waals surface area contributed by atoms with Gasteiger partial charge in [-0.05, 0) is 25.2 Å². The summed E-state index contributed by atoms with van der Waals surface area (Å²) in [7, 11) is -2.75. The van der Waals surface area contributed by atoms with Gasteiger partial charge in [0, 0.05) is 6.04 Å². The maximum Gasteiger partial charge on any atom is 0.154 e. The topological polar surface area (TPSA) is 60.2 Å².